The lowest BCUT2D eigenvalue weighted by Gasteiger charge is -2.19. The Morgan fingerprint density at radius 3 is 2.90 bits per heavy atom. The first kappa shape index (κ1) is 14.1. The SMILES string of the molecule is CC(C)(C)OCC(=O)Nc1cccnc1-n1cncn1. The van der Waals surface area contributed by atoms with Gasteiger partial charge in [-0.1, -0.05) is 0 Å². The second-order valence-corrected chi connectivity index (χ2v) is 5.16. The first-order chi connectivity index (χ1) is 9.46. The molecule has 2 aromatic rings. The van der Waals surface area contributed by atoms with Gasteiger partial charge in [-0.15, -0.1) is 0 Å². The van der Waals surface area contributed by atoms with E-state index in [1.807, 2.05) is 20.8 Å². The van der Waals surface area contributed by atoms with Crippen molar-refractivity contribution in [2.75, 3.05) is 11.9 Å². The molecule has 0 radical (unpaired) electrons. The highest BCUT2D eigenvalue weighted by Gasteiger charge is 2.14. The summed E-state index contributed by atoms with van der Waals surface area (Å²) < 4.78 is 6.91. The van der Waals surface area contributed by atoms with Gasteiger partial charge in [-0.25, -0.2) is 14.6 Å². The van der Waals surface area contributed by atoms with Crippen molar-refractivity contribution in [3.63, 3.8) is 0 Å². The Bertz CT molecular complexity index is 575. The number of carbonyl (C=O) groups is 1. The number of rotatable bonds is 4. The Morgan fingerprint density at radius 1 is 1.45 bits per heavy atom. The molecule has 0 saturated heterocycles. The summed E-state index contributed by atoms with van der Waals surface area (Å²) in [5, 5.41) is 6.76. The average Bonchev–Trinajstić information content (AvgIpc) is 2.90. The number of hydrogen-bond acceptors (Lipinski definition) is 5. The predicted molar refractivity (Wildman–Crippen MR) is 73.5 cm³/mol. The van der Waals surface area contributed by atoms with Crippen molar-refractivity contribution in [2.24, 2.45) is 0 Å². The Labute approximate surface area is 117 Å². The number of nitrogens with one attached hydrogen (secondary N) is 1. The van der Waals surface area contributed by atoms with Gasteiger partial charge in [0, 0.05) is 6.20 Å². The molecule has 0 unspecified atom stereocenters. The standard InChI is InChI=1S/C13H17N5O2/c1-13(2,3)20-7-11(19)17-10-5-4-6-15-12(10)18-9-14-8-16-18/h4-6,8-9H,7H2,1-3H3,(H,17,19). The van der Waals surface area contributed by atoms with Crippen molar-refractivity contribution in [3.05, 3.63) is 31.0 Å². The van der Waals surface area contributed by atoms with Gasteiger partial charge in [0.15, 0.2) is 5.82 Å². The van der Waals surface area contributed by atoms with E-state index in [2.05, 4.69) is 20.4 Å². The Morgan fingerprint density at radius 2 is 2.25 bits per heavy atom. The van der Waals surface area contributed by atoms with Gasteiger partial charge < -0.3 is 10.1 Å². The fraction of sp³-hybridized carbons (Fsp3) is 0.385. The molecule has 2 rings (SSSR count). The van der Waals surface area contributed by atoms with Crippen LogP contribution in [0.1, 0.15) is 20.8 Å². The monoisotopic (exact) mass is 275 g/mol. The summed E-state index contributed by atoms with van der Waals surface area (Å²) >= 11 is 0. The highest BCUT2D eigenvalue weighted by Crippen LogP contribution is 2.16. The number of amides is 1. The Balaban J connectivity index is 2.08. The van der Waals surface area contributed by atoms with Crippen LogP contribution >= 0.6 is 0 Å². The summed E-state index contributed by atoms with van der Waals surface area (Å²) in [6, 6.07) is 3.49. The van der Waals surface area contributed by atoms with Crippen LogP contribution in [0.4, 0.5) is 5.69 Å². The molecule has 106 valence electrons. The topological polar surface area (TPSA) is 81.9 Å². The fourth-order valence-electron chi connectivity index (χ4n) is 1.46. The molecule has 20 heavy (non-hydrogen) atoms. The molecule has 0 aliphatic carbocycles. The van der Waals surface area contributed by atoms with E-state index in [1.54, 1.807) is 18.3 Å². The normalized spacial score (nSPS) is 11.3. The number of ether oxygens (including phenoxy) is 1. The number of anilines is 1. The lowest BCUT2D eigenvalue weighted by atomic mass is 10.2. The zero-order chi connectivity index (χ0) is 14.6. The van der Waals surface area contributed by atoms with E-state index >= 15 is 0 Å². The fourth-order valence-corrected chi connectivity index (χ4v) is 1.46. The summed E-state index contributed by atoms with van der Waals surface area (Å²) in [6.45, 7) is 5.66. The summed E-state index contributed by atoms with van der Waals surface area (Å²) in [4.78, 5) is 19.9. The number of aromatic nitrogens is 4. The molecule has 0 spiro atoms. The minimum absolute atomic E-state index is 0.0187. The molecule has 7 nitrogen and oxygen atoms in total. The van der Waals surface area contributed by atoms with E-state index in [0.717, 1.165) is 0 Å². The molecule has 0 saturated carbocycles. The van der Waals surface area contributed by atoms with E-state index in [1.165, 1.54) is 17.3 Å². The van der Waals surface area contributed by atoms with E-state index in [0.29, 0.717) is 11.5 Å². The minimum atomic E-state index is -0.360. The highest BCUT2D eigenvalue weighted by atomic mass is 16.5. The molecule has 0 aromatic carbocycles. The van der Waals surface area contributed by atoms with Crippen LogP contribution in [0.15, 0.2) is 31.0 Å². The molecule has 1 N–H and O–H groups in total. The Hall–Kier alpha value is -2.28. The third-order valence-electron chi connectivity index (χ3n) is 2.33. The van der Waals surface area contributed by atoms with Gasteiger partial charge in [0.25, 0.3) is 0 Å². The third kappa shape index (κ3) is 3.86. The lowest BCUT2D eigenvalue weighted by Crippen LogP contribution is -2.27. The smallest absolute Gasteiger partial charge is 0.250 e. The van der Waals surface area contributed by atoms with Crippen LogP contribution in [0.3, 0.4) is 0 Å². The van der Waals surface area contributed by atoms with Crippen LogP contribution < -0.4 is 5.32 Å². The summed E-state index contributed by atoms with van der Waals surface area (Å²) in [5.41, 5.74) is 0.196. The first-order valence-electron chi connectivity index (χ1n) is 6.19. The van der Waals surface area contributed by atoms with Crippen molar-refractivity contribution < 1.29 is 9.53 Å². The molecular formula is C13H17N5O2. The van der Waals surface area contributed by atoms with Gasteiger partial charge >= 0.3 is 0 Å². The third-order valence-corrected chi connectivity index (χ3v) is 2.33. The molecular weight excluding hydrogens is 258 g/mol. The van der Waals surface area contributed by atoms with Crippen LogP contribution in [0, 0.1) is 0 Å². The summed E-state index contributed by atoms with van der Waals surface area (Å²) in [5.74, 6) is 0.267. The molecule has 0 atom stereocenters. The second-order valence-electron chi connectivity index (χ2n) is 5.16. The van der Waals surface area contributed by atoms with Crippen molar-refractivity contribution in [1.29, 1.82) is 0 Å². The lowest BCUT2D eigenvalue weighted by molar-refractivity contribution is -0.125. The van der Waals surface area contributed by atoms with E-state index < -0.39 is 0 Å². The molecule has 0 aliphatic rings. The van der Waals surface area contributed by atoms with Crippen molar-refractivity contribution >= 4 is 11.6 Å². The zero-order valence-electron chi connectivity index (χ0n) is 11.7. The van der Waals surface area contributed by atoms with E-state index in [4.69, 9.17) is 4.74 Å². The number of hydrogen-bond donors (Lipinski definition) is 1. The quantitative estimate of drug-likeness (QED) is 0.912. The van der Waals surface area contributed by atoms with Gasteiger partial charge in [-0.05, 0) is 32.9 Å². The van der Waals surface area contributed by atoms with Crippen LogP contribution in [-0.4, -0.2) is 37.9 Å². The predicted octanol–water partition coefficient (Wildman–Crippen LogP) is 1.42. The molecule has 2 aromatic heterocycles. The molecule has 1 amide bonds. The number of carbonyl (C=O) groups excluding carboxylic acids is 1. The van der Waals surface area contributed by atoms with Crippen molar-refractivity contribution in [1.82, 2.24) is 19.7 Å². The first-order valence-corrected chi connectivity index (χ1v) is 6.19. The van der Waals surface area contributed by atoms with Gasteiger partial charge in [0.05, 0.1) is 11.3 Å². The molecule has 0 fully saturated rings. The number of nitrogens with zero attached hydrogens (tertiary/aromatic N) is 4. The van der Waals surface area contributed by atoms with Gasteiger partial charge in [0.1, 0.15) is 19.3 Å². The van der Waals surface area contributed by atoms with Crippen LogP contribution in [0.2, 0.25) is 0 Å². The molecule has 0 bridgehead atoms. The maximum absolute atomic E-state index is 11.9. The minimum Gasteiger partial charge on any atom is -0.366 e. The van der Waals surface area contributed by atoms with Crippen molar-refractivity contribution in [3.8, 4) is 5.82 Å². The average molecular weight is 275 g/mol. The second kappa shape index (κ2) is 5.79. The van der Waals surface area contributed by atoms with Gasteiger partial charge in [-0.3, -0.25) is 4.79 Å². The Kier molecular flexibility index (Phi) is 4.09. The molecule has 2 heterocycles. The summed E-state index contributed by atoms with van der Waals surface area (Å²) in [6.07, 6.45) is 4.55. The van der Waals surface area contributed by atoms with E-state index in [-0.39, 0.29) is 18.1 Å². The van der Waals surface area contributed by atoms with Crippen molar-refractivity contribution in [2.45, 2.75) is 26.4 Å². The number of pyridine rings is 1. The van der Waals surface area contributed by atoms with Gasteiger partial charge in [0.2, 0.25) is 5.91 Å². The zero-order valence-corrected chi connectivity index (χ0v) is 11.7. The summed E-state index contributed by atoms with van der Waals surface area (Å²) in [7, 11) is 0. The van der Waals surface area contributed by atoms with Crippen LogP contribution in [-0.2, 0) is 9.53 Å². The molecule has 7 heteroatoms. The van der Waals surface area contributed by atoms with E-state index in [9.17, 15) is 4.79 Å². The van der Waals surface area contributed by atoms with Gasteiger partial charge in [-0.2, -0.15) is 5.10 Å². The molecule has 0 aliphatic heterocycles. The maximum atomic E-state index is 11.9. The largest absolute Gasteiger partial charge is 0.366 e. The maximum Gasteiger partial charge on any atom is 0.250 e. The highest BCUT2D eigenvalue weighted by molar-refractivity contribution is 5.93. The van der Waals surface area contributed by atoms with Crippen LogP contribution in [0.25, 0.3) is 5.82 Å². The van der Waals surface area contributed by atoms with Crippen LogP contribution in [0.5, 0.6) is 0 Å².